The van der Waals surface area contributed by atoms with Crippen molar-refractivity contribution in [3.8, 4) is 5.75 Å². The number of aromatic nitrogens is 1. The number of carbonyl (C=O) groups excluding carboxylic acids is 1. The van der Waals surface area contributed by atoms with E-state index in [9.17, 15) is 9.59 Å². The molecule has 128 valence electrons. The van der Waals surface area contributed by atoms with Crippen LogP contribution < -0.4 is 15.7 Å². The van der Waals surface area contributed by atoms with Crippen LogP contribution in [-0.4, -0.2) is 17.0 Å². The van der Waals surface area contributed by atoms with Gasteiger partial charge in [0, 0.05) is 36.5 Å². The van der Waals surface area contributed by atoms with Crippen LogP contribution in [0.4, 0.5) is 0 Å². The number of fused-ring (bicyclic) bond motifs is 1. The lowest BCUT2D eigenvalue weighted by molar-refractivity contribution is -0.127. The van der Waals surface area contributed by atoms with E-state index in [1.54, 1.807) is 31.5 Å². The first-order chi connectivity index (χ1) is 12.0. The van der Waals surface area contributed by atoms with Gasteiger partial charge in [0.05, 0.1) is 0 Å². The summed E-state index contributed by atoms with van der Waals surface area (Å²) in [5, 5.41) is 3.63. The van der Waals surface area contributed by atoms with Gasteiger partial charge in [-0.15, -0.1) is 0 Å². The minimum absolute atomic E-state index is 0.241. The largest absolute Gasteiger partial charge is 0.481 e. The van der Waals surface area contributed by atoms with E-state index < -0.39 is 11.7 Å². The third-order valence-electron chi connectivity index (χ3n) is 3.79. The van der Waals surface area contributed by atoms with Gasteiger partial charge in [-0.2, -0.15) is 0 Å². The summed E-state index contributed by atoms with van der Waals surface area (Å²) in [5.74, 6) is 0.222. The molecule has 25 heavy (non-hydrogen) atoms. The predicted octanol–water partition coefficient (Wildman–Crippen LogP) is 2.58. The molecule has 0 saturated heterocycles. The van der Waals surface area contributed by atoms with Crippen molar-refractivity contribution in [1.82, 2.24) is 10.3 Å². The van der Waals surface area contributed by atoms with E-state index in [0.29, 0.717) is 17.9 Å². The molecule has 1 aromatic carbocycles. The first-order valence-corrected chi connectivity index (χ1v) is 7.91. The topological polar surface area (TPSA) is 81.4 Å². The monoisotopic (exact) mass is 338 g/mol. The Morgan fingerprint density at radius 2 is 2.16 bits per heavy atom. The lowest BCUT2D eigenvalue weighted by Gasteiger charge is -2.15. The van der Waals surface area contributed by atoms with Crippen LogP contribution >= 0.6 is 0 Å². The van der Waals surface area contributed by atoms with E-state index in [-0.39, 0.29) is 5.91 Å². The number of amides is 1. The molecule has 0 aliphatic rings. The van der Waals surface area contributed by atoms with Crippen LogP contribution in [-0.2, 0) is 11.3 Å². The minimum Gasteiger partial charge on any atom is -0.481 e. The average molecular weight is 338 g/mol. The summed E-state index contributed by atoms with van der Waals surface area (Å²) in [7, 11) is 0. The second-order valence-corrected chi connectivity index (χ2v) is 5.75. The molecule has 0 unspecified atom stereocenters. The lowest BCUT2D eigenvalue weighted by atomic mass is 10.1. The summed E-state index contributed by atoms with van der Waals surface area (Å²) in [4.78, 5) is 27.7. The number of nitrogens with zero attached hydrogens (tertiary/aromatic N) is 1. The zero-order valence-electron chi connectivity index (χ0n) is 14.0. The Hall–Kier alpha value is -3.15. The van der Waals surface area contributed by atoms with Crippen molar-refractivity contribution in [2.24, 2.45) is 0 Å². The molecular formula is C19H18N2O4. The molecular weight excluding hydrogens is 320 g/mol. The highest BCUT2D eigenvalue weighted by Crippen LogP contribution is 2.23. The number of hydrogen-bond acceptors (Lipinski definition) is 5. The molecule has 1 atom stereocenters. The van der Waals surface area contributed by atoms with Crippen LogP contribution in [0, 0.1) is 6.92 Å². The Labute approximate surface area is 144 Å². The van der Waals surface area contributed by atoms with Gasteiger partial charge >= 0.3 is 5.63 Å². The van der Waals surface area contributed by atoms with E-state index >= 15 is 0 Å². The van der Waals surface area contributed by atoms with Gasteiger partial charge in [0.25, 0.3) is 5.91 Å². The standard InChI is InChI=1S/C19H18N2O4/c1-12-8-18(22)25-17-9-15(5-6-16(12)17)24-13(2)19(23)21-11-14-4-3-7-20-10-14/h3-10,13H,11H2,1-2H3,(H,21,23)/t13-/m0/s1. The highest BCUT2D eigenvalue weighted by molar-refractivity contribution is 5.82. The average Bonchev–Trinajstić information content (AvgIpc) is 2.60. The number of carbonyl (C=O) groups is 1. The quantitative estimate of drug-likeness (QED) is 0.723. The Kier molecular flexibility index (Phi) is 4.79. The molecule has 0 radical (unpaired) electrons. The van der Waals surface area contributed by atoms with Gasteiger partial charge in [-0.05, 0) is 43.2 Å². The first kappa shape index (κ1) is 16.7. The van der Waals surface area contributed by atoms with Gasteiger partial charge in [-0.3, -0.25) is 9.78 Å². The normalized spacial score (nSPS) is 11.9. The Morgan fingerprint density at radius 1 is 1.32 bits per heavy atom. The number of aryl methyl sites for hydroxylation is 1. The fourth-order valence-corrected chi connectivity index (χ4v) is 2.47. The molecule has 0 bridgehead atoms. The van der Waals surface area contributed by atoms with Crippen LogP contribution in [0.3, 0.4) is 0 Å². The second-order valence-electron chi connectivity index (χ2n) is 5.75. The zero-order chi connectivity index (χ0) is 17.8. The molecule has 6 nitrogen and oxygen atoms in total. The maximum atomic E-state index is 12.2. The molecule has 3 aromatic rings. The van der Waals surface area contributed by atoms with Crippen LogP contribution in [0.1, 0.15) is 18.1 Å². The minimum atomic E-state index is -0.689. The van der Waals surface area contributed by atoms with Crippen LogP contribution in [0.5, 0.6) is 5.75 Å². The molecule has 6 heteroatoms. The lowest BCUT2D eigenvalue weighted by Crippen LogP contribution is -2.35. The van der Waals surface area contributed by atoms with Gasteiger partial charge in [0.15, 0.2) is 6.10 Å². The summed E-state index contributed by atoms with van der Waals surface area (Å²) < 4.78 is 10.9. The van der Waals surface area contributed by atoms with Gasteiger partial charge in [0.2, 0.25) is 0 Å². The van der Waals surface area contributed by atoms with Crippen molar-refractivity contribution in [3.63, 3.8) is 0 Å². The molecule has 0 spiro atoms. The van der Waals surface area contributed by atoms with Crippen LogP contribution in [0.15, 0.2) is 58.0 Å². The molecule has 1 amide bonds. The van der Waals surface area contributed by atoms with Gasteiger partial charge < -0.3 is 14.5 Å². The third kappa shape index (κ3) is 4.03. The molecule has 2 aromatic heterocycles. The SMILES string of the molecule is Cc1cc(=O)oc2cc(O[C@@H](C)C(=O)NCc3cccnc3)ccc12. The van der Waals surface area contributed by atoms with Gasteiger partial charge in [-0.1, -0.05) is 6.07 Å². The summed E-state index contributed by atoms with van der Waals surface area (Å²) in [6.07, 6.45) is 2.68. The maximum absolute atomic E-state index is 12.2. The maximum Gasteiger partial charge on any atom is 0.336 e. The Morgan fingerprint density at radius 3 is 2.92 bits per heavy atom. The summed E-state index contributed by atoms with van der Waals surface area (Å²) >= 11 is 0. The van der Waals surface area contributed by atoms with Crippen molar-refractivity contribution < 1.29 is 13.9 Å². The van der Waals surface area contributed by atoms with Crippen molar-refractivity contribution in [2.75, 3.05) is 0 Å². The van der Waals surface area contributed by atoms with E-state index in [1.807, 2.05) is 25.1 Å². The number of ether oxygens (including phenoxy) is 1. The Bertz CT molecular complexity index is 951. The molecule has 0 fully saturated rings. The highest BCUT2D eigenvalue weighted by atomic mass is 16.5. The van der Waals surface area contributed by atoms with Crippen molar-refractivity contribution in [1.29, 1.82) is 0 Å². The molecule has 0 aliphatic carbocycles. The number of hydrogen-bond donors (Lipinski definition) is 1. The highest BCUT2D eigenvalue weighted by Gasteiger charge is 2.15. The predicted molar refractivity (Wildman–Crippen MR) is 93.4 cm³/mol. The molecule has 2 heterocycles. The smallest absolute Gasteiger partial charge is 0.336 e. The first-order valence-electron chi connectivity index (χ1n) is 7.91. The van der Waals surface area contributed by atoms with Crippen molar-refractivity contribution in [3.05, 3.63) is 70.3 Å². The van der Waals surface area contributed by atoms with Crippen molar-refractivity contribution >= 4 is 16.9 Å². The third-order valence-corrected chi connectivity index (χ3v) is 3.79. The fourth-order valence-electron chi connectivity index (χ4n) is 2.47. The molecule has 0 aliphatic heterocycles. The number of rotatable bonds is 5. The number of benzene rings is 1. The van der Waals surface area contributed by atoms with E-state index in [2.05, 4.69) is 10.3 Å². The summed E-state index contributed by atoms with van der Waals surface area (Å²) in [5.41, 5.74) is 1.76. The molecule has 0 saturated carbocycles. The molecule has 1 N–H and O–H groups in total. The summed E-state index contributed by atoms with van der Waals surface area (Å²) in [6.45, 7) is 3.88. The van der Waals surface area contributed by atoms with E-state index in [4.69, 9.17) is 9.15 Å². The Balaban J connectivity index is 1.67. The van der Waals surface area contributed by atoms with Crippen LogP contribution in [0.2, 0.25) is 0 Å². The number of nitrogens with one attached hydrogen (secondary N) is 1. The molecule has 3 rings (SSSR count). The van der Waals surface area contributed by atoms with E-state index in [0.717, 1.165) is 16.5 Å². The zero-order valence-corrected chi connectivity index (χ0v) is 14.0. The van der Waals surface area contributed by atoms with Gasteiger partial charge in [0.1, 0.15) is 11.3 Å². The van der Waals surface area contributed by atoms with E-state index in [1.165, 1.54) is 6.07 Å². The van der Waals surface area contributed by atoms with Crippen molar-refractivity contribution in [2.45, 2.75) is 26.5 Å². The summed E-state index contributed by atoms with van der Waals surface area (Å²) in [6, 6.07) is 10.3. The number of pyridine rings is 1. The fraction of sp³-hybridized carbons (Fsp3) is 0.211. The van der Waals surface area contributed by atoms with Gasteiger partial charge in [-0.25, -0.2) is 4.79 Å². The van der Waals surface area contributed by atoms with Crippen LogP contribution in [0.25, 0.3) is 11.0 Å². The second kappa shape index (κ2) is 7.17.